The van der Waals surface area contributed by atoms with Gasteiger partial charge in [0.2, 0.25) is 0 Å². The van der Waals surface area contributed by atoms with Gasteiger partial charge in [-0.3, -0.25) is 6.08 Å². The van der Waals surface area contributed by atoms with Gasteiger partial charge in [0, 0.05) is 15.4 Å². The van der Waals surface area contributed by atoms with Crippen molar-refractivity contribution in [2.45, 2.75) is 92.2 Å². The summed E-state index contributed by atoms with van der Waals surface area (Å²) in [6.07, 6.45) is 12.7. The molecule has 2 rings (SSSR count). The number of rotatable bonds is 1. The van der Waals surface area contributed by atoms with Crippen molar-refractivity contribution in [3.8, 4) is 0 Å². The maximum absolute atomic E-state index is 10.8. The summed E-state index contributed by atoms with van der Waals surface area (Å²) in [4.78, 5) is 10.8. The second-order valence-corrected chi connectivity index (χ2v) is 8.29. The van der Waals surface area contributed by atoms with Gasteiger partial charge in [-0.1, -0.05) is 78.3 Å². The van der Waals surface area contributed by atoms with Crippen LogP contribution in [0.2, 0.25) is 13.1 Å². The summed E-state index contributed by atoms with van der Waals surface area (Å²) in [6, 6.07) is 0. The van der Waals surface area contributed by atoms with E-state index in [1.165, 1.54) is 42.4 Å². The average molecular weight is 396 g/mol. The summed E-state index contributed by atoms with van der Waals surface area (Å²) in [6.45, 7) is 13.1. The number of carbonyl (C=O) groups is 1. The molecule has 0 aromatic heterocycles. The Morgan fingerprint density at radius 1 is 1.00 bits per heavy atom. The van der Waals surface area contributed by atoms with Crippen molar-refractivity contribution in [2.24, 2.45) is 11.8 Å². The Morgan fingerprint density at radius 3 is 1.64 bits per heavy atom. The number of nitrogens with one attached hydrogen (secondary N) is 1. The Labute approximate surface area is 174 Å². The summed E-state index contributed by atoms with van der Waals surface area (Å²) >= 11 is 0. The van der Waals surface area contributed by atoms with Gasteiger partial charge < -0.3 is 10.5 Å². The number of hydrogen-bond donors (Lipinski definition) is 0. The normalized spacial score (nSPS) is 21.2. The fourth-order valence-corrected chi connectivity index (χ4v) is 3.06. The van der Waals surface area contributed by atoms with Crippen LogP contribution in [0.15, 0.2) is 16.7 Å². The molecule has 0 spiro atoms. The van der Waals surface area contributed by atoms with Crippen LogP contribution in [0.25, 0.3) is 5.73 Å². The predicted molar refractivity (Wildman–Crippen MR) is 109 cm³/mol. The van der Waals surface area contributed by atoms with Gasteiger partial charge in [-0.2, -0.15) is 11.1 Å². The fourth-order valence-electron chi connectivity index (χ4n) is 3.06. The quantitative estimate of drug-likeness (QED) is 0.366. The molecule has 4 heteroatoms. The molecule has 0 aromatic rings. The van der Waals surface area contributed by atoms with E-state index in [1.54, 1.807) is 0 Å². The topological polar surface area (TPSA) is 40.9 Å². The van der Waals surface area contributed by atoms with Crippen LogP contribution in [0.4, 0.5) is 0 Å². The standard InChI is InChI=1S/C10H19NO.C9H13.C2H7Si.Ti/c11-10(12)9-7-5-3-1-2-4-6-8-9;1-6-5-7(2)9(4)8(6)3;1-3-2;/h9H,1-8H2,(H2,11,12);6H,1-4H3;3H,1-2H3;/q;-1;;+2/p-1. The minimum Gasteiger partial charge on any atom is -0.668 e. The number of hydrogen-bond acceptors (Lipinski definition) is 1. The van der Waals surface area contributed by atoms with Crippen LogP contribution in [0.1, 0.15) is 79.1 Å². The van der Waals surface area contributed by atoms with E-state index in [9.17, 15) is 4.79 Å². The molecule has 0 aromatic carbocycles. The molecule has 2 aliphatic carbocycles. The molecule has 0 heterocycles. The number of allylic oxidation sites excluding steroid dienone is 4. The molecule has 0 aliphatic heterocycles. The first kappa shape index (κ1) is 27.1. The monoisotopic (exact) mass is 396 g/mol. The summed E-state index contributed by atoms with van der Waals surface area (Å²) < 4.78 is 0. The van der Waals surface area contributed by atoms with E-state index in [0.29, 0.717) is 5.92 Å². The van der Waals surface area contributed by atoms with Crippen LogP contribution in [0.5, 0.6) is 0 Å². The maximum Gasteiger partial charge on any atom is 2.00 e. The largest absolute Gasteiger partial charge is 2.00 e. The van der Waals surface area contributed by atoms with E-state index in [0.717, 1.165) is 35.2 Å². The third kappa shape index (κ3) is 12.0. The average Bonchev–Trinajstić information content (AvgIpc) is 2.84. The zero-order valence-corrected chi connectivity index (χ0v) is 20.0. The van der Waals surface area contributed by atoms with Crippen molar-refractivity contribution < 1.29 is 26.5 Å². The molecule has 2 aliphatic rings. The number of amides is 1. The maximum atomic E-state index is 10.8. The summed E-state index contributed by atoms with van der Waals surface area (Å²) in [5, 5.41) is 0. The molecule has 1 saturated carbocycles. The molecule has 1 radical (unpaired) electrons. The van der Waals surface area contributed by atoms with Crippen molar-refractivity contribution in [1.29, 1.82) is 0 Å². The van der Waals surface area contributed by atoms with Crippen LogP contribution in [0.3, 0.4) is 0 Å². The molecule has 1 fully saturated rings. The molecule has 0 saturated heterocycles. The van der Waals surface area contributed by atoms with Crippen molar-refractivity contribution in [1.82, 2.24) is 0 Å². The van der Waals surface area contributed by atoms with Gasteiger partial charge in [0.05, 0.1) is 5.91 Å². The van der Waals surface area contributed by atoms with E-state index in [1.807, 2.05) is 0 Å². The van der Waals surface area contributed by atoms with E-state index in [-0.39, 0.29) is 33.5 Å². The van der Waals surface area contributed by atoms with Gasteiger partial charge in [-0.25, -0.2) is 5.57 Å². The van der Waals surface area contributed by atoms with Gasteiger partial charge in [0.15, 0.2) is 0 Å². The van der Waals surface area contributed by atoms with E-state index in [2.05, 4.69) is 46.9 Å². The van der Waals surface area contributed by atoms with Gasteiger partial charge in [0.1, 0.15) is 0 Å². The Kier molecular flexibility index (Phi) is 17.4. The van der Waals surface area contributed by atoms with Crippen LogP contribution < -0.4 is 0 Å². The number of carbonyl (C=O) groups excluding carboxylic acids is 1. The predicted octanol–water partition coefficient (Wildman–Crippen LogP) is 6.55. The zero-order chi connectivity index (χ0) is 18.5. The SMILES string of the molecule is CC1=[C-]C(C)C(C)=C1C.C[SiH]C.[NH-]C(=O)C1CCCCCCCC1.[Ti+2]. The second-order valence-electron chi connectivity index (χ2n) is 7.14. The minimum absolute atomic E-state index is 0. The van der Waals surface area contributed by atoms with Crippen LogP contribution in [0, 0.1) is 17.9 Å². The van der Waals surface area contributed by atoms with Gasteiger partial charge in [-0.15, -0.1) is 6.92 Å². The van der Waals surface area contributed by atoms with Crippen LogP contribution in [-0.4, -0.2) is 15.4 Å². The summed E-state index contributed by atoms with van der Waals surface area (Å²) in [7, 11) is 0.750. The van der Waals surface area contributed by atoms with Crippen molar-refractivity contribution >= 4 is 15.4 Å². The molecular weight excluding hydrogens is 358 g/mol. The Balaban J connectivity index is 0. The molecule has 141 valence electrons. The van der Waals surface area contributed by atoms with E-state index >= 15 is 0 Å². The van der Waals surface area contributed by atoms with Crippen molar-refractivity contribution in [2.75, 3.05) is 0 Å². The zero-order valence-electron chi connectivity index (χ0n) is 17.3. The molecule has 2 nitrogen and oxygen atoms in total. The fraction of sp³-hybridized carbons (Fsp3) is 0.762. The smallest absolute Gasteiger partial charge is 0.668 e. The second kappa shape index (κ2) is 16.1. The summed E-state index contributed by atoms with van der Waals surface area (Å²) in [5.41, 5.74) is 11.3. The molecule has 25 heavy (non-hydrogen) atoms. The van der Waals surface area contributed by atoms with Crippen LogP contribution in [-0.2, 0) is 26.5 Å². The third-order valence-electron chi connectivity index (χ3n) is 4.96. The molecule has 1 N–H and O–H groups in total. The molecule has 0 bridgehead atoms. The first-order chi connectivity index (χ1) is 11.3. The summed E-state index contributed by atoms with van der Waals surface area (Å²) in [5.74, 6) is 0.282. The molecular formula is C21H38NOSiTi. The molecule has 1 atom stereocenters. The molecule has 1 unspecified atom stereocenters. The Morgan fingerprint density at radius 2 is 1.40 bits per heavy atom. The Hall–Kier alpha value is -0.119. The van der Waals surface area contributed by atoms with Gasteiger partial charge >= 0.3 is 21.7 Å². The van der Waals surface area contributed by atoms with Gasteiger partial charge in [-0.05, 0) is 12.8 Å². The molecule has 1 amide bonds. The van der Waals surface area contributed by atoms with Crippen LogP contribution >= 0.6 is 0 Å². The third-order valence-corrected chi connectivity index (χ3v) is 4.96. The first-order valence-corrected chi connectivity index (χ1v) is 11.9. The van der Waals surface area contributed by atoms with E-state index in [4.69, 9.17) is 5.73 Å². The van der Waals surface area contributed by atoms with Crippen molar-refractivity contribution in [3.63, 3.8) is 0 Å². The van der Waals surface area contributed by atoms with E-state index < -0.39 is 0 Å². The van der Waals surface area contributed by atoms with Crippen molar-refractivity contribution in [3.05, 3.63) is 28.5 Å². The first-order valence-electron chi connectivity index (χ1n) is 9.62. The Bertz CT molecular complexity index is 422. The minimum atomic E-state index is -0.336. The van der Waals surface area contributed by atoms with Gasteiger partial charge in [0.25, 0.3) is 0 Å².